The molecule has 1 N–H and O–H groups in total. The first kappa shape index (κ1) is 43.5. The molecule has 65 heavy (non-hydrogen) atoms. The molecule has 0 amide bonds. The van der Waals surface area contributed by atoms with E-state index in [2.05, 4.69) is 222 Å². The largest absolute Gasteiger partial charge is 0.569 e. The van der Waals surface area contributed by atoms with E-state index in [1.54, 1.807) is 0 Å². The maximum Gasteiger partial charge on any atom is 0.569 e. The molecule has 0 spiro atoms. The highest BCUT2D eigenvalue weighted by Gasteiger charge is 2.11. The predicted octanol–water partition coefficient (Wildman–Crippen LogP) is 17.3. The topological polar surface area (TPSA) is 29.5 Å². The van der Waals surface area contributed by atoms with Crippen LogP contribution in [0.4, 0.5) is 0 Å². The average Bonchev–Trinajstić information content (AvgIpc) is 3.36. The Morgan fingerprint density at radius 2 is 0.646 bits per heavy atom. The summed E-state index contributed by atoms with van der Waals surface area (Å²) in [6.45, 7) is 0. The minimum Gasteiger partial charge on any atom is -0.537 e. The van der Waals surface area contributed by atoms with Gasteiger partial charge in [-0.1, -0.05) is 218 Å². The number of hydrogen-bond donors (Lipinski definition) is 1. The van der Waals surface area contributed by atoms with Gasteiger partial charge in [-0.05, 0) is 138 Å². The first-order valence-corrected chi connectivity index (χ1v) is 22.2. The second kappa shape index (κ2) is 20.0. The summed E-state index contributed by atoms with van der Waals surface area (Å²) in [6, 6.07) is 85.2. The Morgan fingerprint density at radius 3 is 1.08 bits per heavy atom. The van der Waals surface area contributed by atoms with Crippen LogP contribution in [-0.4, -0.2) is 12.7 Å². The Hall–Kier alpha value is -6.77. The molecule has 12 aromatic rings. The Labute approximate surface area is 405 Å². The van der Waals surface area contributed by atoms with Crippen molar-refractivity contribution in [3.8, 4) is 39.1 Å². The quantitative estimate of drug-likeness (QED) is 0.106. The molecule has 0 fully saturated rings. The first-order valence-electron chi connectivity index (χ1n) is 21.4. The van der Waals surface area contributed by atoms with Crippen molar-refractivity contribution >= 4 is 112 Å². The van der Waals surface area contributed by atoms with Gasteiger partial charge in [0.25, 0.3) is 0 Å². The van der Waals surface area contributed by atoms with Crippen LogP contribution >= 0.6 is 39.9 Å². The molecule has 0 atom stereocenters. The van der Waals surface area contributed by atoms with E-state index in [1.807, 2.05) is 36.4 Å². The Balaban J connectivity index is 0.000000131. The lowest BCUT2D eigenvalue weighted by Crippen LogP contribution is -1.99. The van der Waals surface area contributed by atoms with Crippen molar-refractivity contribution in [1.82, 2.24) is 0 Å². The summed E-state index contributed by atoms with van der Waals surface area (Å²) < 4.78 is 6.11. The maximum absolute atomic E-state index is 8.60. The van der Waals surface area contributed by atoms with Crippen molar-refractivity contribution in [2.75, 3.05) is 0 Å². The molecular formula is C60H42BBrIO2. The molecule has 0 aliphatic rings. The minimum atomic E-state index is 0. The van der Waals surface area contributed by atoms with Gasteiger partial charge in [-0.15, -0.1) is 24.0 Å². The maximum atomic E-state index is 8.60. The molecule has 0 unspecified atom stereocenters. The van der Waals surface area contributed by atoms with E-state index in [0.717, 1.165) is 5.56 Å². The summed E-state index contributed by atoms with van der Waals surface area (Å²) in [7, 11) is 0.687. The summed E-state index contributed by atoms with van der Waals surface area (Å²) >= 11 is 3.68. The summed E-state index contributed by atoms with van der Waals surface area (Å²) in [5.74, 6) is 0.617. The average molecular weight is 1010 g/mol. The van der Waals surface area contributed by atoms with Gasteiger partial charge in [0.05, 0.1) is 0 Å². The van der Waals surface area contributed by atoms with Crippen molar-refractivity contribution in [3.63, 3.8) is 0 Å². The van der Waals surface area contributed by atoms with E-state index in [1.165, 1.54) is 96.9 Å². The van der Waals surface area contributed by atoms with Gasteiger partial charge in [0.15, 0.2) is 0 Å². The number of fused-ring (bicyclic) bond motifs is 6. The second-order valence-corrected chi connectivity index (χ2v) is 16.5. The van der Waals surface area contributed by atoms with Crippen LogP contribution in [-0.2, 0) is 0 Å². The standard InChI is InChI=1S/C30H20.C16H12BO2.C14H9Br.HI/c1-4-12-26-21(8-1)11-7-15-27(26)22-16-18-23(19-17-22)30-28-13-5-2-9-24(28)20-25-10-3-6-14-29(25)30;18-17-19-14-10-8-13(9-11-14)16-7-3-5-12-4-1-2-6-15(12)16;15-14-12-7-3-1-5-10(12)9-11-6-2-4-8-13(11)14;/h1-20H;1-11,18H;1-9H;1H. The van der Waals surface area contributed by atoms with E-state index >= 15 is 0 Å². The molecule has 0 heterocycles. The fourth-order valence-corrected chi connectivity index (χ4v) is 9.55. The second-order valence-electron chi connectivity index (χ2n) is 15.7. The zero-order chi connectivity index (χ0) is 43.2. The van der Waals surface area contributed by atoms with Crippen LogP contribution in [0.3, 0.4) is 0 Å². The van der Waals surface area contributed by atoms with E-state index in [9.17, 15) is 0 Å². The molecule has 0 bridgehead atoms. The van der Waals surface area contributed by atoms with E-state index in [-0.39, 0.29) is 24.0 Å². The van der Waals surface area contributed by atoms with Crippen LogP contribution in [0.1, 0.15) is 0 Å². The van der Waals surface area contributed by atoms with Gasteiger partial charge in [0.1, 0.15) is 5.75 Å². The van der Waals surface area contributed by atoms with Gasteiger partial charge in [-0.25, -0.2) is 0 Å². The van der Waals surface area contributed by atoms with Crippen molar-refractivity contribution in [2.45, 2.75) is 0 Å². The van der Waals surface area contributed by atoms with Gasteiger partial charge in [0, 0.05) is 4.47 Å². The molecule has 0 aromatic heterocycles. The van der Waals surface area contributed by atoms with Crippen molar-refractivity contribution in [2.24, 2.45) is 0 Å². The van der Waals surface area contributed by atoms with Crippen LogP contribution in [0, 0.1) is 0 Å². The molecule has 2 nitrogen and oxygen atoms in total. The highest BCUT2D eigenvalue weighted by molar-refractivity contribution is 14.0. The third kappa shape index (κ3) is 9.14. The third-order valence-electron chi connectivity index (χ3n) is 11.9. The number of rotatable bonds is 5. The smallest absolute Gasteiger partial charge is 0.537 e. The van der Waals surface area contributed by atoms with Gasteiger partial charge >= 0.3 is 7.69 Å². The first-order chi connectivity index (χ1) is 31.6. The fraction of sp³-hybridized carbons (Fsp3) is 0. The Kier molecular flexibility index (Phi) is 13.4. The van der Waals surface area contributed by atoms with Gasteiger partial charge < -0.3 is 9.68 Å². The van der Waals surface area contributed by atoms with E-state index in [4.69, 9.17) is 9.68 Å². The summed E-state index contributed by atoms with van der Waals surface area (Å²) in [4.78, 5) is 0. The molecule has 12 rings (SSSR count). The molecule has 0 saturated carbocycles. The van der Waals surface area contributed by atoms with Gasteiger partial charge in [0.2, 0.25) is 0 Å². The van der Waals surface area contributed by atoms with Crippen molar-refractivity contribution in [3.05, 3.63) is 247 Å². The van der Waals surface area contributed by atoms with Gasteiger partial charge in [-0.2, -0.15) is 0 Å². The molecule has 0 aliphatic heterocycles. The van der Waals surface area contributed by atoms with Crippen LogP contribution in [0.15, 0.2) is 247 Å². The molecule has 0 saturated heterocycles. The SMILES string of the molecule is Brc1c2ccccc2cc2ccccc12.I.O[B]Oc1ccc(-c2cccc3ccccc23)cc1.c1ccc2c(-c3ccc(-c4c5ccccc5cc5ccccc45)cc3)cccc2c1. The molecule has 12 aromatic carbocycles. The number of hydrogen-bond acceptors (Lipinski definition) is 2. The summed E-state index contributed by atoms with van der Waals surface area (Å²) in [5, 5.41) is 23.9. The summed E-state index contributed by atoms with van der Waals surface area (Å²) in [6.07, 6.45) is 0. The monoisotopic (exact) mass is 1010 g/mol. The summed E-state index contributed by atoms with van der Waals surface area (Å²) in [5.41, 5.74) is 7.42. The lowest BCUT2D eigenvalue weighted by atomic mass is 9.90. The highest BCUT2D eigenvalue weighted by Crippen LogP contribution is 2.38. The predicted molar refractivity (Wildman–Crippen MR) is 292 cm³/mol. The normalized spacial score (nSPS) is 10.8. The van der Waals surface area contributed by atoms with Crippen molar-refractivity contribution < 1.29 is 9.68 Å². The van der Waals surface area contributed by atoms with Crippen LogP contribution < -0.4 is 4.65 Å². The highest BCUT2D eigenvalue weighted by atomic mass is 127. The fourth-order valence-electron chi connectivity index (χ4n) is 8.83. The third-order valence-corrected chi connectivity index (χ3v) is 12.7. The van der Waals surface area contributed by atoms with Crippen molar-refractivity contribution in [1.29, 1.82) is 0 Å². The van der Waals surface area contributed by atoms with E-state index < -0.39 is 0 Å². The minimum absolute atomic E-state index is 0. The molecule has 311 valence electrons. The van der Waals surface area contributed by atoms with Crippen LogP contribution in [0.5, 0.6) is 5.75 Å². The zero-order valence-electron chi connectivity index (χ0n) is 35.3. The van der Waals surface area contributed by atoms with Crippen LogP contribution in [0.2, 0.25) is 0 Å². The number of halogens is 2. The molecule has 0 aliphatic carbocycles. The zero-order valence-corrected chi connectivity index (χ0v) is 39.2. The van der Waals surface area contributed by atoms with E-state index in [0.29, 0.717) is 13.4 Å². The lowest BCUT2D eigenvalue weighted by molar-refractivity contribution is 0.454. The molecule has 5 heteroatoms. The molecular weight excluding hydrogens is 970 g/mol. The Morgan fingerprint density at radius 1 is 0.323 bits per heavy atom. The van der Waals surface area contributed by atoms with Crippen LogP contribution in [0.25, 0.3) is 98.0 Å². The molecule has 1 radical (unpaired) electrons. The lowest BCUT2D eigenvalue weighted by Gasteiger charge is -2.13. The van der Waals surface area contributed by atoms with Gasteiger partial charge in [-0.3, -0.25) is 0 Å². The Bertz CT molecular complexity index is 3470. The number of benzene rings is 12.